The molecule has 4 fully saturated rings. The highest BCUT2D eigenvalue weighted by atomic mass is 35.5. The molecule has 0 aliphatic carbocycles. The number of alkyl halides is 2. The zero-order valence-electron chi connectivity index (χ0n) is 25.9. The van der Waals surface area contributed by atoms with Gasteiger partial charge in [-0.05, 0) is 106 Å². The van der Waals surface area contributed by atoms with Crippen molar-refractivity contribution >= 4 is 46.0 Å². The number of carbonyl (C=O) groups is 2. The largest absolute Gasteiger partial charge is 0.341 e. The standard InChI is InChI=1S/C35H42Cl2FN5O2/c1-23-39-29-8-2-3-9-30(29)43(23)28-21-26-11-12-27(22-28)41(26)19-15-35(24-6-4-7-25(38)20-24)13-17-40(18-14-35)33(44)31-10-5-16-42(31)34(45)32(36)37/h2-4,6-9,20,26-28,31-32H,5,10-19,21-22H2,1H3/t26-,27+,28+,31-/m0/s1. The van der Waals surface area contributed by atoms with Crippen molar-refractivity contribution in [1.82, 2.24) is 24.3 Å². The monoisotopic (exact) mass is 653 g/mol. The fourth-order valence-electron chi connectivity index (χ4n) is 9.07. The van der Waals surface area contributed by atoms with Crippen LogP contribution in [-0.2, 0) is 15.0 Å². The molecule has 2 amide bonds. The summed E-state index contributed by atoms with van der Waals surface area (Å²) in [4.78, 5) is 36.1. The summed E-state index contributed by atoms with van der Waals surface area (Å²) in [7, 11) is 0. The van der Waals surface area contributed by atoms with E-state index in [1.165, 1.54) is 24.4 Å². The normalized spacial score (nSPS) is 26.7. The number of para-hydroxylation sites is 2. The molecule has 0 N–H and O–H groups in total. The van der Waals surface area contributed by atoms with Crippen molar-refractivity contribution in [3.63, 3.8) is 0 Å². The van der Waals surface area contributed by atoms with E-state index in [-0.39, 0.29) is 17.1 Å². The van der Waals surface area contributed by atoms with Crippen molar-refractivity contribution in [1.29, 1.82) is 0 Å². The maximum Gasteiger partial charge on any atom is 0.256 e. The number of amides is 2. The second-order valence-corrected chi connectivity index (χ2v) is 14.7. The molecule has 4 aliphatic heterocycles. The summed E-state index contributed by atoms with van der Waals surface area (Å²) < 4.78 is 17.1. The molecule has 4 aliphatic rings. The van der Waals surface area contributed by atoms with Crippen LogP contribution in [-0.4, -0.2) is 85.2 Å². The lowest BCUT2D eigenvalue weighted by molar-refractivity contribution is -0.144. The van der Waals surface area contributed by atoms with Gasteiger partial charge in [0.15, 0.2) is 4.84 Å². The first kappa shape index (κ1) is 30.9. The van der Waals surface area contributed by atoms with E-state index in [9.17, 15) is 14.0 Å². The van der Waals surface area contributed by atoms with Gasteiger partial charge < -0.3 is 14.4 Å². The summed E-state index contributed by atoms with van der Waals surface area (Å²) >= 11 is 11.8. The van der Waals surface area contributed by atoms with Crippen LogP contribution < -0.4 is 0 Å². The topological polar surface area (TPSA) is 61.7 Å². The zero-order chi connectivity index (χ0) is 31.3. The highest BCUT2D eigenvalue weighted by Gasteiger charge is 2.45. The number of halogens is 3. The van der Waals surface area contributed by atoms with Crippen LogP contribution in [0.5, 0.6) is 0 Å². The Kier molecular flexibility index (Phi) is 8.59. The molecule has 4 atom stereocenters. The number of nitrogens with zero attached hydrogens (tertiary/aromatic N) is 5. The average molecular weight is 655 g/mol. The van der Waals surface area contributed by atoms with Gasteiger partial charge in [-0.2, -0.15) is 0 Å². The number of hydrogen-bond acceptors (Lipinski definition) is 4. The Morgan fingerprint density at radius 1 is 0.978 bits per heavy atom. The molecule has 4 saturated heterocycles. The lowest BCUT2D eigenvalue weighted by atomic mass is 9.70. The molecule has 7 rings (SSSR count). The van der Waals surface area contributed by atoms with E-state index in [0.717, 1.165) is 62.0 Å². The second-order valence-electron chi connectivity index (χ2n) is 13.6. The third-order valence-corrected chi connectivity index (χ3v) is 11.7. The lowest BCUT2D eigenvalue weighted by Gasteiger charge is -2.46. The molecule has 7 nitrogen and oxygen atoms in total. The van der Waals surface area contributed by atoms with Gasteiger partial charge in [0.1, 0.15) is 17.7 Å². The number of hydrogen-bond donors (Lipinski definition) is 0. The predicted molar refractivity (Wildman–Crippen MR) is 175 cm³/mol. The number of likely N-dealkylation sites (tertiary alicyclic amines) is 2. The van der Waals surface area contributed by atoms with Gasteiger partial charge in [-0.3, -0.25) is 14.5 Å². The van der Waals surface area contributed by atoms with Crippen molar-refractivity contribution in [2.45, 2.75) is 99.1 Å². The van der Waals surface area contributed by atoms with Crippen LogP contribution in [0.2, 0.25) is 0 Å². The third kappa shape index (κ3) is 5.76. The molecule has 3 aromatic rings. The SMILES string of the molecule is Cc1nc2ccccc2n1[C@H]1C[C@H]2CC[C@@H](C1)N2CCC1(c2cccc(F)c2)CCN(C(=O)[C@@H]2CCCN2C(=O)C(Cl)Cl)CC1. The minimum atomic E-state index is -1.16. The predicted octanol–water partition coefficient (Wildman–Crippen LogP) is 6.40. The van der Waals surface area contributed by atoms with Crippen molar-refractivity contribution in [2.75, 3.05) is 26.2 Å². The molecule has 45 heavy (non-hydrogen) atoms. The van der Waals surface area contributed by atoms with Crippen molar-refractivity contribution < 1.29 is 14.0 Å². The number of aryl methyl sites for hydroxylation is 1. The van der Waals surface area contributed by atoms with Gasteiger partial charge >= 0.3 is 0 Å². The van der Waals surface area contributed by atoms with Gasteiger partial charge in [0.2, 0.25) is 5.91 Å². The average Bonchev–Trinajstić information content (AvgIpc) is 3.72. The Morgan fingerprint density at radius 3 is 2.42 bits per heavy atom. The first-order valence-corrected chi connectivity index (χ1v) is 17.4. The first-order chi connectivity index (χ1) is 21.7. The van der Waals surface area contributed by atoms with Gasteiger partial charge in [0, 0.05) is 37.8 Å². The fourth-order valence-corrected chi connectivity index (χ4v) is 9.32. The van der Waals surface area contributed by atoms with Crippen LogP contribution in [0.15, 0.2) is 48.5 Å². The fraction of sp³-hybridized carbons (Fsp3) is 0.571. The molecule has 0 radical (unpaired) electrons. The Morgan fingerprint density at radius 2 is 1.71 bits per heavy atom. The Hall–Kier alpha value is -2.68. The number of aromatic nitrogens is 2. The third-order valence-electron chi connectivity index (χ3n) is 11.3. The highest BCUT2D eigenvalue weighted by Crippen LogP contribution is 2.45. The molecule has 2 aromatic carbocycles. The maximum atomic E-state index is 14.6. The number of benzene rings is 2. The van der Waals surface area contributed by atoms with E-state index in [2.05, 4.69) is 46.7 Å². The van der Waals surface area contributed by atoms with Crippen LogP contribution in [0.1, 0.15) is 75.2 Å². The number of fused-ring (bicyclic) bond motifs is 3. The quantitative estimate of drug-likeness (QED) is 0.277. The van der Waals surface area contributed by atoms with Gasteiger partial charge in [-0.1, -0.05) is 47.5 Å². The van der Waals surface area contributed by atoms with Gasteiger partial charge in [-0.15, -0.1) is 0 Å². The van der Waals surface area contributed by atoms with Gasteiger partial charge in [-0.25, -0.2) is 9.37 Å². The Balaban J connectivity index is 1.05. The van der Waals surface area contributed by atoms with E-state index >= 15 is 0 Å². The van der Waals surface area contributed by atoms with Gasteiger partial charge in [0.05, 0.1) is 11.0 Å². The minimum Gasteiger partial charge on any atom is -0.341 e. The van der Waals surface area contributed by atoms with Gasteiger partial charge in [0.25, 0.3) is 5.91 Å². The van der Waals surface area contributed by atoms with E-state index in [1.807, 2.05) is 11.0 Å². The Labute approximate surface area is 274 Å². The number of imidazole rings is 1. The zero-order valence-corrected chi connectivity index (χ0v) is 27.4. The van der Waals surface area contributed by atoms with Crippen molar-refractivity contribution in [3.8, 4) is 0 Å². The summed E-state index contributed by atoms with van der Waals surface area (Å²) in [5.74, 6) is 0.460. The summed E-state index contributed by atoms with van der Waals surface area (Å²) in [6, 6.07) is 16.5. The van der Waals surface area contributed by atoms with E-state index in [1.54, 1.807) is 11.0 Å². The summed E-state index contributed by atoms with van der Waals surface area (Å²) in [5.41, 5.74) is 3.12. The van der Waals surface area contributed by atoms with Crippen LogP contribution in [0.3, 0.4) is 0 Å². The highest BCUT2D eigenvalue weighted by molar-refractivity contribution is 6.53. The first-order valence-electron chi connectivity index (χ1n) is 16.6. The van der Waals surface area contributed by atoms with Crippen LogP contribution in [0.25, 0.3) is 11.0 Å². The van der Waals surface area contributed by atoms with Crippen LogP contribution in [0, 0.1) is 12.7 Å². The molecule has 1 aromatic heterocycles. The molecule has 0 saturated carbocycles. The van der Waals surface area contributed by atoms with Crippen LogP contribution in [0.4, 0.5) is 4.39 Å². The van der Waals surface area contributed by atoms with Crippen molar-refractivity contribution in [2.24, 2.45) is 0 Å². The molecule has 0 spiro atoms. The minimum absolute atomic E-state index is 0.0230. The summed E-state index contributed by atoms with van der Waals surface area (Å²) in [5, 5.41) is 0. The summed E-state index contributed by atoms with van der Waals surface area (Å²) in [6.45, 7) is 4.76. The molecule has 0 unspecified atom stereocenters. The molecule has 5 heterocycles. The molecule has 2 bridgehead atoms. The second kappa shape index (κ2) is 12.5. The number of carbonyl (C=O) groups excluding carboxylic acids is 2. The summed E-state index contributed by atoms with van der Waals surface area (Å²) in [6.07, 6.45) is 8.52. The number of piperidine rings is 2. The molecular weight excluding hydrogens is 612 g/mol. The maximum absolute atomic E-state index is 14.6. The van der Waals surface area contributed by atoms with Crippen molar-refractivity contribution in [3.05, 3.63) is 65.7 Å². The lowest BCUT2D eigenvalue weighted by Crippen LogP contribution is -2.53. The molecular formula is C35H42Cl2FN5O2. The Bertz CT molecular complexity index is 1560. The van der Waals surface area contributed by atoms with E-state index in [4.69, 9.17) is 28.2 Å². The molecule has 240 valence electrons. The van der Waals surface area contributed by atoms with E-state index < -0.39 is 16.8 Å². The van der Waals surface area contributed by atoms with Crippen LogP contribution >= 0.6 is 23.2 Å². The van der Waals surface area contributed by atoms with E-state index in [0.29, 0.717) is 44.2 Å². The molecule has 10 heteroatoms. The number of rotatable bonds is 7. The smallest absolute Gasteiger partial charge is 0.256 e.